The molecule has 9 heteroatoms. The van der Waals surface area contributed by atoms with Crippen molar-refractivity contribution in [3.63, 3.8) is 0 Å². The molecule has 1 heterocycles. The Labute approximate surface area is 127 Å². The summed E-state index contributed by atoms with van der Waals surface area (Å²) in [5.74, 6) is -1.78. The molecule has 1 rings (SSSR count). The predicted molar refractivity (Wildman–Crippen MR) is 72.2 cm³/mol. The average molecular weight is 319 g/mol. The number of rotatable bonds is 6. The molecule has 0 spiro atoms. The Morgan fingerprint density at radius 1 is 1.14 bits per heavy atom. The molecule has 22 heavy (non-hydrogen) atoms. The van der Waals surface area contributed by atoms with Crippen molar-refractivity contribution in [3.8, 4) is 0 Å². The van der Waals surface area contributed by atoms with Gasteiger partial charge in [0.2, 0.25) is 0 Å². The van der Waals surface area contributed by atoms with E-state index in [4.69, 9.17) is 14.2 Å². The van der Waals surface area contributed by atoms with E-state index in [-0.39, 0.29) is 19.8 Å². The van der Waals surface area contributed by atoms with Gasteiger partial charge < -0.3 is 34.8 Å². The minimum absolute atomic E-state index is 0.0725. The third-order valence-electron chi connectivity index (χ3n) is 2.88. The molecule has 0 aliphatic carbocycles. The second-order valence-corrected chi connectivity index (χ2v) is 4.47. The van der Waals surface area contributed by atoms with Gasteiger partial charge in [-0.1, -0.05) is 0 Å². The molecule has 0 unspecified atom stereocenters. The second-order valence-electron chi connectivity index (χ2n) is 4.47. The lowest BCUT2D eigenvalue weighted by Gasteiger charge is -2.35. The monoisotopic (exact) mass is 319 g/mol. The topological polar surface area (TPSA) is 135 Å². The predicted octanol–water partition coefficient (Wildman–Crippen LogP) is -1.97. The van der Waals surface area contributed by atoms with Crippen molar-refractivity contribution in [2.24, 2.45) is 0 Å². The van der Waals surface area contributed by atoms with Crippen LogP contribution < -0.4 is 5.32 Å². The fourth-order valence-electron chi connectivity index (χ4n) is 1.74. The maximum absolute atomic E-state index is 11.7. The van der Waals surface area contributed by atoms with Crippen LogP contribution in [0, 0.1) is 0 Å². The zero-order valence-corrected chi connectivity index (χ0v) is 12.4. The standard InChI is InChI=1S/C13H21NO8/c1-3-20-12(18)7(13(19)21-4-2)5-14-11-10(17)9(16)8(15)6-22-11/h5,8-11,14-17H,3-4,6H2,1-2H3/t8-,9+,10-,11-/m1/s1. The van der Waals surface area contributed by atoms with Crippen LogP contribution in [0.1, 0.15) is 13.8 Å². The summed E-state index contributed by atoms with van der Waals surface area (Å²) in [5.41, 5.74) is -0.403. The first-order chi connectivity index (χ1) is 10.4. The molecule has 1 aliphatic rings. The van der Waals surface area contributed by atoms with Gasteiger partial charge in [-0.15, -0.1) is 0 Å². The van der Waals surface area contributed by atoms with E-state index in [0.717, 1.165) is 6.20 Å². The van der Waals surface area contributed by atoms with E-state index >= 15 is 0 Å². The van der Waals surface area contributed by atoms with Crippen molar-refractivity contribution in [2.75, 3.05) is 19.8 Å². The summed E-state index contributed by atoms with van der Waals surface area (Å²) in [5, 5.41) is 31.1. The highest BCUT2D eigenvalue weighted by molar-refractivity contribution is 6.13. The highest BCUT2D eigenvalue weighted by Crippen LogP contribution is 2.14. The Morgan fingerprint density at radius 2 is 1.68 bits per heavy atom. The minimum Gasteiger partial charge on any atom is -0.462 e. The van der Waals surface area contributed by atoms with Crippen molar-refractivity contribution >= 4 is 11.9 Å². The Bertz CT molecular complexity index is 404. The van der Waals surface area contributed by atoms with Crippen LogP contribution in [0.5, 0.6) is 0 Å². The van der Waals surface area contributed by atoms with E-state index in [9.17, 15) is 24.9 Å². The second kappa shape index (κ2) is 8.69. The largest absolute Gasteiger partial charge is 0.462 e. The summed E-state index contributed by atoms with van der Waals surface area (Å²) in [4.78, 5) is 23.4. The van der Waals surface area contributed by atoms with Crippen LogP contribution in [-0.4, -0.2) is 71.6 Å². The van der Waals surface area contributed by atoms with Crippen molar-refractivity contribution < 1.29 is 39.1 Å². The van der Waals surface area contributed by atoms with E-state index in [1.54, 1.807) is 13.8 Å². The summed E-state index contributed by atoms with van der Waals surface area (Å²) < 4.78 is 14.6. The minimum atomic E-state index is -1.44. The van der Waals surface area contributed by atoms with Crippen LogP contribution in [0.15, 0.2) is 11.8 Å². The Balaban J connectivity index is 2.79. The van der Waals surface area contributed by atoms with E-state index in [2.05, 4.69) is 5.32 Å². The molecule has 1 fully saturated rings. The van der Waals surface area contributed by atoms with Gasteiger partial charge in [-0.3, -0.25) is 0 Å². The zero-order chi connectivity index (χ0) is 16.7. The molecule has 0 aromatic heterocycles. The SMILES string of the molecule is CCOC(=O)C(=CN[C@@H]1OC[C@@H](O)[C@H](O)[C@H]1O)C(=O)OCC. The number of aliphatic hydroxyl groups excluding tert-OH is 3. The van der Waals surface area contributed by atoms with E-state index in [1.807, 2.05) is 0 Å². The lowest BCUT2D eigenvalue weighted by atomic mass is 10.0. The van der Waals surface area contributed by atoms with Crippen molar-refractivity contribution in [1.82, 2.24) is 5.32 Å². The van der Waals surface area contributed by atoms with Crippen LogP contribution in [0.25, 0.3) is 0 Å². The summed E-state index contributed by atoms with van der Waals surface area (Å²) in [6, 6.07) is 0. The number of aliphatic hydroxyl groups is 3. The number of hydrogen-bond acceptors (Lipinski definition) is 9. The third-order valence-corrected chi connectivity index (χ3v) is 2.88. The number of hydrogen-bond donors (Lipinski definition) is 4. The van der Waals surface area contributed by atoms with Crippen LogP contribution in [0.4, 0.5) is 0 Å². The van der Waals surface area contributed by atoms with Gasteiger partial charge in [-0.25, -0.2) is 9.59 Å². The average Bonchev–Trinajstić information content (AvgIpc) is 2.48. The van der Waals surface area contributed by atoms with Gasteiger partial charge >= 0.3 is 11.9 Å². The first kappa shape index (κ1) is 18.4. The third kappa shape index (κ3) is 4.67. The number of nitrogens with one attached hydrogen (secondary N) is 1. The quantitative estimate of drug-likeness (QED) is 0.190. The molecule has 4 atom stereocenters. The Kier molecular flexibility index (Phi) is 7.25. The molecule has 0 radical (unpaired) electrons. The molecule has 0 bridgehead atoms. The van der Waals surface area contributed by atoms with Crippen LogP contribution in [0.3, 0.4) is 0 Å². The summed E-state index contributed by atoms with van der Waals surface area (Å²) in [7, 11) is 0. The maximum atomic E-state index is 11.7. The van der Waals surface area contributed by atoms with Gasteiger partial charge in [0, 0.05) is 6.20 Å². The van der Waals surface area contributed by atoms with Gasteiger partial charge in [-0.2, -0.15) is 0 Å². The Morgan fingerprint density at radius 3 is 2.18 bits per heavy atom. The molecule has 0 aromatic rings. The van der Waals surface area contributed by atoms with Gasteiger partial charge in [0.25, 0.3) is 0 Å². The fraction of sp³-hybridized carbons (Fsp3) is 0.692. The number of ether oxygens (including phenoxy) is 3. The lowest BCUT2D eigenvalue weighted by molar-refractivity contribution is -0.192. The van der Waals surface area contributed by atoms with Gasteiger partial charge in [0.05, 0.1) is 19.8 Å². The maximum Gasteiger partial charge on any atom is 0.347 e. The molecule has 4 N–H and O–H groups in total. The van der Waals surface area contributed by atoms with Crippen LogP contribution in [0.2, 0.25) is 0 Å². The van der Waals surface area contributed by atoms with Gasteiger partial charge in [-0.05, 0) is 13.8 Å². The Hall–Kier alpha value is -1.68. The zero-order valence-electron chi connectivity index (χ0n) is 12.4. The molecule has 1 saturated heterocycles. The fourth-order valence-corrected chi connectivity index (χ4v) is 1.74. The lowest BCUT2D eigenvalue weighted by Crippen LogP contribution is -2.57. The molecule has 126 valence electrons. The van der Waals surface area contributed by atoms with E-state index in [1.165, 1.54) is 0 Å². The number of esters is 2. The van der Waals surface area contributed by atoms with Gasteiger partial charge in [0.15, 0.2) is 11.8 Å². The molecule has 0 saturated carbocycles. The first-order valence-electron chi connectivity index (χ1n) is 6.88. The van der Waals surface area contributed by atoms with E-state index in [0.29, 0.717) is 0 Å². The smallest absolute Gasteiger partial charge is 0.347 e. The molecule has 0 aromatic carbocycles. The summed E-state index contributed by atoms with van der Waals surface area (Å²) in [6.07, 6.45) is -4.17. The molecule has 0 amide bonds. The molecular weight excluding hydrogens is 298 g/mol. The van der Waals surface area contributed by atoms with Crippen LogP contribution >= 0.6 is 0 Å². The number of carbonyl (C=O) groups excluding carboxylic acids is 2. The van der Waals surface area contributed by atoms with Crippen LogP contribution in [-0.2, 0) is 23.8 Å². The normalized spacial score (nSPS) is 27.7. The molecule has 9 nitrogen and oxygen atoms in total. The summed E-state index contributed by atoms with van der Waals surface area (Å²) in [6.45, 7) is 3.10. The molecular formula is C13H21NO8. The van der Waals surface area contributed by atoms with E-state index < -0.39 is 42.1 Å². The highest BCUT2D eigenvalue weighted by Gasteiger charge is 2.37. The first-order valence-corrected chi connectivity index (χ1v) is 6.88. The van der Waals surface area contributed by atoms with Crippen molar-refractivity contribution in [3.05, 3.63) is 11.8 Å². The molecule has 1 aliphatic heterocycles. The van der Waals surface area contributed by atoms with Gasteiger partial charge in [0.1, 0.15) is 18.3 Å². The summed E-state index contributed by atoms with van der Waals surface area (Å²) >= 11 is 0. The van der Waals surface area contributed by atoms with Crippen molar-refractivity contribution in [2.45, 2.75) is 38.4 Å². The number of carbonyl (C=O) groups is 2. The highest BCUT2D eigenvalue weighted by atomic mass is 16.6. The van der Waals surface area contributed by atoms with Crippen molar-refractivity contribution in [1.29, 1.82) is 0 Å².